The number of rotatable bonds is 6. The van der Waals surface area contributed by atoms with Gasteiger partial charge in [-0.05, 0) is 55.8 Å². The predicted molar refractivity (Wildman–Crippen MR) is 128 cm³/mol. The number of nitrogens with two attached hydrogens (primary N) is 1. The number of aliphatic hydroxyl groups excluding tert-OH is 1. The van der Waals surface area contributed by atoms with Gasteiger partial charge in [0.15, 0.2) is 0 Å². The number of para-hydroxylation sites is 1. The van der Waals surface area contributed by atoms with Gasteiger partial charge in [-0.25, -0.2) is 8.42 Å². The van der Waals surface area contributed by atoms with E-state index in [0.29, 0.717) is 28.3 Å². The van der Waals surface area contributed by atoms with Crippen LogP contribution in [0.2, 0.25) is 0 Å². The Morgan fingerprint density at radius 3 is 2.53 bits per heavy atom. The predicted octanol–water partition coefficient (Wildman–Crippen LogP) is 2.60. The van der Waals surface area contributed by atoms with E-state index in [-0.39, 0.29) is 11.3 Å². The van der Waals surface area contributed by atoms with Gasteiger partial charge in [0.05, 0.1) is 28.6 Å². The Bertz CT molecular complexity index is 1330. The van der Waals surface area contributed by atoms with Crippen molar-refractivity contribution in [3.63, 3.8) is 0 Å². The molecule has 3 N–H and O–H groups in total. The van der Waals surface area contributed by atoms with Crippen LogP contribution < -0.4 is 14.8 Å². The zero-order valence-electron chi connectivity index (χ0n) is 19.2. The fraction of sp³-hybridized carbons (Fsp3) is 0.280. The van der Waals surface area contributed by atoms with Crippen molar-refractivity contribution in [1.82, 2.24) is 4.98 Å². The summed E-state index contributed by atoms with van der Waals surface area (Å²) in [5, 5.41) is 11.3. The maximum atomic E-state index is 13.4. The number of primary amides is 1. The van der Waals surface area contributed by atoms with Crippen molar-refractivity contribution in [2.24, 2.45) is 5.73 Å². The number of anilines is 1. The minimum atomic E-state index is -3.90. The van der Waals surface area contributed by atoms with Crippen LogP contribution in [0.5, 0.6) is 5.75 Å². The van der Waals surface area contributed by atoms with Gasteiger partial charge in [-0.3, -0.25) is 14.1 Å². The summed E-state index contributed by atoms with van der Waals surface area (Å²) in [6.45, 7) is 3.50. The SMILES string of the molecule is CN(c1ccccc1)S(=O)(=O)c1ccc2c(c1)[C@@H](c1ncccc1CC(N)=O)[C@H](O)C(C)(C)O2. The van der Waals surface area contributed by atoms with E-state index in [1.165, 1.54) is 23.5 Å². The molecule has 8 nitrogen and oxygen atoms in total. The lowest BCUT2D eigenvalue weighted by atomic mass is 9.78. The highest BCUT2D eigenvalue weighted by Gasteiger charge is 2.45. The normalized spacial score (nSPS) is 19.1. The van der Waals surface area contributed by atoms with Crippen LogP contribution in [-0.2, 0) is 21.2 Å². The molecule has 1 aliphatic rings. The summed E-state index contributed by atoms with van der Waals surface area (Å²) in [5.74, 6) is -0.820. The third-order valence-electron chi connectivity index (χ3n) is 6.08. The lowest BCUT2D eigenvalue weighted by Gasteiger charge is -2.42. The minimum Gasteiger partial charge on any atom is -0.485 e. The van der Waals surface area contributed by atoms with Gasteiger partial charge in [-0.1, -0.05) is 24.3 Å². The lowest BCUT2D eigenvalue weighted by Crippen LogP contribution is -2.49. The number of pyridine rings is 1. The zero-order chi connectivity index (χ0) is 24.7. The number of sulfonamides is 1. The van der Waals surface area contributed by atoms with Crippen LogP contribution in [-0.4, -0.2) is 43.2 Å². The Morgan fingerprint density at radius 2 is 1.85 bits per heavy atom. The van der Waals surface area contributed by atoms with Gasteiger partial charge in [-0.15, -0.1) is 0 Å². The van der Waals surface area contributed by atoms with Crippen LogP contribution in [0.15, 0.2) is 71.8 Å². The van der Waals surface area contributed by atoms with E-state index in [2.05, 4.69) is 4.98 Å². The van der Waals surface area contributed by atoms with Crippen molar-refractivity contribution in [3.8, 4) is 5.75 Å². The van der Waals surface area contributed by atoms with E-state index < -0.39 is 33.6 Å². The molecular formula is C25H27N3O5S. The van der Waals surface area contributed by atoms with Crippen LogP contribution in [0.3, 0.4) is 0 Å². The Labute approximate surface area is 199 Å². The maximum absolute atomic E-state index is 13.4. The highest BCUT2D eigenvalue weighted by molar-refractivity contribution is 7.92. The van der Waals surface area contributed by atoms with E-state index in [9.17, 15) is 18.3 Å². The smallest absolute Gasteiger partial charge is 0.264 e. The molecule has 3 aromatic rings. The number of nitrogens with zero attached hydrogens (tertiary/aromatic N) is 2. The first-order valence-corrected chi connectivity index (χ1v) is 12.2. The van der Waals surface area contributed by atoms with Crippen LogP contribution in [0.25, 0.3) is 0 Å². The van der Waals surface area contributed by atoms with Crippen LogP contribution >= 0.6 is 0 Å². The third-order valence-corrected chi connectivity index (χ3v) is 7.86. The average Bonchev–Trinajstić information content (AvgIpc) is 2.80. The number of aliphatic hydroxyl groups is 1. The largest absolute Gasteiger partial charge is 0.485 e. The number of carbonyl (C=O) groups is 1. The van der Waals surface area contributed by atoms with Crippen molar-refractivity contribution in [3.05, 3.63) is 83.7 Å². The van der Waals surface area contributed by atoms with E-state index in [4.69, 9.17) is 10.5 Å². The molecule has 0 saturated carbocycles. The number of benzene rings is 2. The number of aromatic nitrogens is 1. The number of ether oxygens (including phenoxy) is 1. The quantitative estimate of drug-likeness (QED) is 0.558. The van der Waals surface area contributed by atoms with Crippen LogP contribution in [0, 0.1) is 0 Å². The zero-order valence-corrected chi connectivity index (χ0v) is 20.0. The molecule has 1 aromatic heterocycles. The summed E-state index contributed by atoms with van der Waals surface area (Å²) >= 11 is 0. The number of carbonyl (C=O) groups excluding carboxylic acids is 1. The fourth-order valence-corrected chi connectivity index (χ4v) is 5.47. The van der Waals surface area contributed by atoms with Crippen molar-refractivity contribution in [2.45, 2.75) is 42.8 Å². The summed E-state index contributed by atoms with van der Waals surface area (Å²) in [5.41, 5.74) is 6.46. The molecule has 0 spiro atoms. The number of hydrogen-bond donors (Lipinski definition) is 2. The first-order valence-electron chi connectivity index (χ1n) is 10.8. The molecule has 0 saturated heterocycles. The lowest BCUT2D eigenvalue weighted by molar-refractivity contribution is -0.117. The molecule has 2 aromatic carbocycles. The van der Waals surface area contributed by atoms with Crippen molar-refractivity contribution in [2.75, 3.05) is 11.4 Å². The highest BCUT2D eigenvalue weighted by Crippen LogP contribution is 2.45. The highest BCUT2D eigenvalue weighted by atomic mass is 32.2. The summed E-state index contributed by atoms with van der Waals surface area (Å²) in [6.07, 6.45) is 0.447. The molecule has 1 aliphatic heterocycles. The molecule has 4 rings (SSSR count). The monoisotopic (exact) mass is 481 g/mol. The molecule has 0 fully saturated rings. The summed E-state index contributed by atoms with van der Waals surface area (Å²) < 4.78 is 34.1. The fourth-order valence-electron chi connectivity index (χ4n) is 4.24. The molecule has 0 unspecified atom stereocenters. The van der Waals surface area contributed by atoms with Crippen molar-refractivity contribution in [1.29, 1.82) is 0 Å². The standard InChI is InChI=1S/C25H27N3O5S/c1-25(2)24(30)22(23-16(14-21(26)29)8-7-13-27-23)19-15-18(11-12-20(19)33-25)34(31,32)28(3)17-9-5-4-6-10-17/h4-13,15,22,24,30H,14H2,1-3H3,(H2,26,29)/t22-,24-/m0/s1. The number of hydrogen-bond acceptors (Lipinski definition) is 6. The number of fused-ring (bicyclic) bond motifs is 1. The summed E-state index contributed by atoms with van der Waals surface area (Å²) in [6, 6.07) is 16.8. The summed E-state index contributed by atoms with van der Waals surface area (Å²) in [4.78, 5) is 16.2. The van der Waals surface area contributed by atoms with Gasteiger partial charge >= 0.3 is 0 Å². The van der Waals surface area contributed by atoms with Crippen molar-refractivity contribution >= 4 is 21.6 Å². The molecular weight excluding hydrogens is 454 g/mol. The Morgan fingerprint density at radius 1 is 1.15 bits per heavy atom. The van der Waals surface area contributed by atoms with Gasteiger partial charge in [-0.2, -0.15) is 0 Å². The minimum absolute atomic E-state index is 0.0468. The van der Waals surface area contributed by atoms with E-state index >= 15 is 0 Å². The summed E-state index contributed by atoms with van der Waals surface area (Å²) in [7, 11) is -2.42. The van der Waals surface area contributed by atoms with Crippen LogP contribution in [0.4, 0.5) is 5.69 Å². The third kappa shape index (κ3) is 4.24. The van der Waals surface area contributed by atoms with Gasteiger partial charge < -0.3 is 15.6 Å². The van der Waals surface area contributed by atoms with Gasteiger partial charge in [0, 0.05) is 18.8 Å². The van der Waals surface area contributed by atoms with E-state index in [0.717, 1.165) is 0 Å². The van der Waals surface area contributed by atoms with Gasteiger partial charge in [0.25, 0.3) is 10.0 Å². The molecule has 1 amide bonds. The van der Waals surface area contributed by atoms with Crippen LogP contribution in [0.1, 0.15) is 36.6 Å². The topological polar surface area (TPSA) is 123 Å². The molecule has 0 radical (unpaired) electrons. The maximum Gasteiger partial charge on any atom is 0.264 e. The molecule has 0 aliphatic carbocycles. The van der Waals surface area contributed by atoms with E-state index in [1.807, 2.05) is 6.07 Å². The Hall–Kier alpha value is -3.43. The van der Waals surface area contributed by atoms with E-state index in [1.54, 1.807) is 62.5 Å². The average molecular weight is 482 g/mol. The van der Waals surface area contributed by atoms with Gasteiger partial charge in [0.1, 0.15) is 17.5 Å². The molecule has 0 bridgehead atoms. The molecule has 2 heterocycles. The molecule has 2 atom stereocenters. The molecule has 9 heteroatoms. The second-order valence-corrected chi connectivity index (χ2v) is 10.8. The molecule has 34 heavy (non-hydrogen) atoms. The Kier molecular flexibility index (Phi) is 6.09. The Balaban J connectivity index is 1.87. The number of amides is 1. The van der Waals surface area contributed by atoms with Crippen molar-refractivity contribution < 1.29 is 23.1 Å². The second-order valence-electron chi connectivity index (χ2n) is 8.83. The first-order chi connectivity index (χ1) is 16.0. The second kappa shape index (κ2) is 8.73. The molecule has 178 valence electrons. The first kappa shape index (κ1) is 23.7. The van der Waals surface area contributed by atoms with Gasteiger partial charge in [0.2, 0.25) is 5.91 Å².